The first-order chi connectivity index (χ1) is 5.00. The van der Waals surface area contributed by atoms with Crippen molar-refractivity contribution < 1.29 is 4.79 Å². The molecule has 1 unspecified atom stereocenters. The molecule has 1 aliphatic rings. The molecule has 0 saturated carbocycles. The lowest BCUT2D eigenvalue weighted by molar-refractivity contribution is -0.123. The molecule has 0 amide bonds. The Morgan fingerprint density at radius 3 is 2.27 bits per heavy atom. The minimum absolute atomic E-state index is 0.140. The summed E-state index contributed by atoms with van der Waals surface area (Å²) in [4.78, 5) is 11.5. The van der Waals surface area contributed by atoms with Crippen LogP contribution in [0.5, 0.6) is 0 Å². The van der Waals surface area contributed by atoms with Crippen LogP contribution in [0.1, 0.15) is 34.1 Å². The van der Waals surface area contributed by atoms with E-state index >= 15 is 0 Å². The molecule has 1 aliphatic carbocycles. The van der Waals surface area contributed by atoms with Gasteiger partial charge in [0.2, 0.25) is 0 Å². The summed E-state index contributed by atoms with van der Waals surface area (Å²) >= 11 is 0. The highest BCUT2D eigenvalue weighted by Gasteiger charge is 2.39. The van der Waals surface area contributed by atoms with Crippen molar-refractivity contribution >= 4 is 5.78 Å². The van der Waals surface area contributed by atoms with Crippen LogP contribution in [-0.4, -0.2) is 5.78 Å². The molecular formula is C10H16O. The van der Waals surface area contributed by atoms with Crippen molar-refractivity contribution in [2.45, 2.75) is 34.1 Å². The number of ketones is 1. The van der Waals surface area contributed by atoms with Gasteiger partial charge in [-0.3, -0.25) is 4.79 Å². The molecule has 0 N–H and O–H groups in total. The van der Waals surface area contributed by atoms with Gasteiger partial charge in [-0.05, 0) is 24.8 Å². The maximum Gasteiger partial charge on any atom is 0.164 e. The fraction of sp³-hybridized carbons (Fsp3) is 0.700. The molecule has 0 aromatic carbocycles. The number of carbonyl (C=O) groups excluding carboxylic acids is 1. The molecule has 0 saturated heterocycles. The van der Waals surface area contributed by atoms with Gasteiger partial charge in [0, 0.05) is 5.41 Å². The quantitative estimate of drug-likeness (QED) is 0.564. The van der Waals surface area contributed by atoms with Crippen LogP contribution in [0, 0.1) is 11.3 Å². The van der Waals surface area contributed by atoms with Crippen molar-refractivity contribution in [1.29, 1.82) is 0 Å². The predicted molar refractivity (Wildman–Crippen MR) is 46.3 cm³/mol. The van der Waals surface area contributed by atoms with E-state index in [-0.39, 0.29) is 5.41 Å². The SMILES string of the molecule is CCC1C=C(C)C(=O)C1(C)C. The Morgan fingerprint density at radius 1 is 1.55 bits per heavy atom. The van der Waals surface area contributed by atoms with E-state index < -0.39 is 0 Å². The Balaban J connectivity index is 2.94. The van der Waals surface area contributed by atoms with Crippen LogP contribution in [0.4, 0.5) is 0 Å². The van der Waals surface area contributed by atoms with Crippen molar-refractivity contribution in [2.75, 3.05) is 0 Å². The largest absolute Gasteiger partial charge is 0.294 e. The Kier molecular flexibility index (Phi) is 1.91. The van der Waals surface area contributed by atoms with Crippen LogP contribution in [0.25, 0.3) is 0 Å². The molecule has 62 valence electrons. The third kappa shape index (κ3) is 1.13. The lowest BCUT2D eigenvalue weighted by Crippen LogP contribution is -2.26. The molecule has 11 heavy (non-hydrogen) atoms. The van der Waals surface area contributed by atoms with Gasteiger partial charge in [-0.15, -0.1) is 0 Å². The van der Waals surface area contributed by atoms with E-state index in [4.69, 9.17) is 0 Å². The normalized spacial score (nSPS) is 28.9. The summed E-state index contributed by atoms with van der Waals surface area (Å²) in [5, 5.41) is 0. The minimum atomic E-state index is -0.140. The van der Waals surface area contributed by atoms with E-state index in [9.17, 15) is 4.79 Å². The third-order valence-electron chi connectivity index (χ3n) is 2.76. The van der Waals surface area contributed by atoms with Gasteiger partial charge >= 0.3 is 0 Å². The second kappa shape index (κ2) is 2.47. The molecule has 1 nitrogen and oxygen atoms in total. The first-order valence-corrected chi connectivity index (χ1v) is 4.23. The molecule has 1 rings (SSSR count). The molecule has 1 atom stereocenters. The van der Waals surface area contributed by atoms with Crippen molar-refractivity contribution in [3.63, 3.8) is 0 Å². The monoisotopic (exact) mass is 152 g/mol. The van der Waals surface area contributed by atoms with Crippen LogP contribution in [0.2, 0.25) is 0 Å². The summed E-state index contributed by atoms with van der Waals surface area (Å²) in [5.74, 6) is 0.777. The second-order valence-corrected chi connectivity index (χ2v) is 3.92. The average Bonchev–Trinajstić information content (AvgIpc) is 2.13. The van der Waals surface area contributed by atoms with Crippen LogP contribution >= 0.6 is 0 Å². The van der Waals surface area contributed by atoms with Crippen molar-refractivity contribution in [2.24, 2.45) is 11.3 Å². The van der Waals surface area contributed by atoms with E-state index in [1.165, 1.54) is 0 Å². The smallest absolute Gasteiger partial charge is 0.164 e. The fourth-order valence-electron chi connectivity index (χ4n) is 1.89. The predicted octanol–water partition coefficient (Wildman–Crippen LogP) is 2.57. The molecule has 0 aromatic heterocycles. The fourth-order valence-corrected chi connectivity index (χ4v) is 1.89. The average molecular weight is 152 g/mol. The molecule has 0 spiro atoms. The topological polar surface area (TPSA) is 17.1 Å². The number of rotatable bonds is 1. The van der Waals surface area contributed by atoms with Crippen LogP contribution in [-0.2, 0) is 4.79 Å². The second-order valence-electron chi connectivity index (χ2n) is 3.92. The zero-order valence-electron chi connectivity index (χ0n) is 7.77. The van der Waals surface area contributed by atoms with Gasteiger partial charge in [0.15, 0.2) is 5.78 Å². The highest BCUT2D eigenvalue weighted by Crippen LogP contribution is 2.39. The van der Waals surface area contributed by atoms with Gasteiger partial charge < -0.3 is 0 Å². The Bertz CT molecular complexity index is 211. The zero-order valence-corrected chi connectivity index (χ0v) is 7.77. The molecule has 0 bridgehead atoms. The Labute approximate surface area is 68.5 Å². The zero-order chi connectivity index (χ0) is 8.65. The van der Waals surface area contributed by atoms with Crippen LogP contribution < -0.4 is 0 Å². The molecule has 0 heterocycles. The molecule has 1 heteroatoms. The van der Waals surface area contributed by atoms with E-state index in [0.717, 1.165) is 12.0 Å². The molecule has 0 fully saturated rings. The number of allylic oxidation sites excluding steroid dienone is 2. The summed E-state index contributed by atoms with van der Waals surface area (Å²) < 4.78 is 0. The van der Waals surface area contributed by atoms with Gasteiger partial charge in [-0.25, -0.2) is 0 Å². The maximum absolute atomic E-state index is 11.5. The van der Waals surface area contributed by atoms with Gasteiger partial charge in [0.25, 0.3) is 0 Å². The van der Waals surface area contributed by atoms with Gasteiger partial charge in [-0.2, -0.15) is 0 Å². The first kappa shape index (κ1) is 8.51. The number of hydrogen-bond acceptors (Lipinski definition) is 1. The Morgan fingerprint density at radius 2 is 2.09 bits per heavy atom. The van der Waals surface area contributed by atoms with E-state index in [2.05, 4.69) is 13.0 Å². The molecule has 0 radical (unpaired) electrons. The van der Waals surface area contributed by atoms with Crippen LogP contribution in [0.15, 0.2) is 11.6 Å². The number of carbonyl (C=O) groups is 1. The number of hydrogen-bond donors (Lipinski definition) is 0. The van der Waals surface area contributed by atoms with E-state index in [1.54, 1.807) is 0 Å². The van der Waals surface area contributed by atoms with Crippen molar-refractivity contribution in [3.05, 3.63) is 11.6 Å². The summed E-state index contributed by atoms with van der Waals surface area (Å²) in [7, 11) is 0. The Hall–Kier alpha value is -0.590. The lowest BCUT2D eigenvalue weighted by Gasteiger charge is -2.23. The number of Topliss-reactive ketones (excluding diaryl/α,β-unsaturated/α-hetero) is 1. The maximum atomic E-state index is 11.5. The lowest BCUT2D eigenvalue weighted by atomic mass is 9.78. The highest BCUT2D eigenvalue weighted by molar-refractivity contribution is 6.01. The highest BCUT2D eigenvalue weighted by atomic mass is 16.1. The summed E-state index contributed by atoms with van der Waals surface area (Å²) in [6, 6.07) is 0. The summed E-state index contributed by atoms with van der Waals surface area (Å²) in [6.07, 6.45) is 3.18. The molecular weight excluding hydrogens is 136 g/mol. The van der Waals surface area contributed by atoms with Gasteiger partial charge in [0.1, 0.15) is 0 Å². The van der Waals surface area contributed by atoms with E-state index in [1.807, 2.05) is 20.8 Å². The standard InChI is InChI=1S/C10H16O/c1-5-8-6-7(2)9(11)10(8,3)4/h6,8H,5H2,1-4H3. The van der Waals surface area contributed by atoms with Crippen LogP contribution in [0.3, 0.4) is 0 Å². The van der Waals surface area contributed by atoms with Gasteiger partial charge in [0.05, 0.1) is 0 Å². The van der Waals surface area contributed by atoms with Gasteiger partial charge in [-0.1, -0.05) is 26.8 Å². The molecule has 0 aliphatic heterocycles. The molecule has 0 aromatic rings. The summed E-state index contributed by atoms with van der Waals surface area (Å²) in [6.45, 7) is 8.13. The third-order valence-corrected chi connectivity index (χ3v) is 2.76. The summed E-state index contributed by atoms with van der Waals surface area (Å²) in [5.41, 5.74) is 0.806. The van der Waals surface area contributed by atoms with Crippen molar-refractivity contribution in [3.8, 4) is 0 Å². The van der Waals surface area contributed by atoms with Crippen molar-refractivity contribution in [1.82, 2.24) is 0 Å². The van der Waals surface area contributed by atoms with E-state index in [0.29, 0.717) is 11.7 Å². The minimum Gasteiger partial charge on any atom is -0.294 e. The first-order valence-electron chi connectivity index (χ1n) is 4.23.